The van der Waals surface area contributed by atoms with Gasteiger partial charge in [0.25, 0.3) is 0 Å². The molecule has 0 aromatic heterocycles. The summed E-state index contributed by atoms with van der Waals surface area (Å²) >= 11 is 0. The van der Waals surface area contributed by atoms with Crippen LogP contribution < -0.4 is 0 Å². The third kappa shape index (κ3) is 5.79. The van der Waals surface area contributed by atoms with Gasteiger partial charge in [-0.15, -0.1) is 0 Å². The summed E-state index contributed by atoms with van der Waals surface area (Å²) in [4.78, 5) is 11.7. The van der Waals surface area contributed by atoms with E-state index < -0.39 is 6.16 Å². The van der Waals surface area contributed by atoms with Gasteiger partial charge in [0.15, 0.2) is 0 Å². The van der Waals surface area contributed by atoms with Crippen molar-refractivity contribution in [1.82, 2.24) is 0 Å². The van der Waals surface area contributed by atoms with Crippen molar-refractivity contribution >= 4 is 6.16 Å². The van der Waals surface area contributed by atoms with Crippen molar-refractivity contribution in [2.75, 3.05) is 19.8 Å². The molecule has 2 saturated carbocycles. The van der Waals surface area contributed by atoms with Gasteiger partial charge in [-0.05, 0) is 62.2 Å². The van der Waals surface area contributed by atoms with Crippen LogP contribution in [0.15, 0.2) is 0 Å². The number of rotatable bonds is 6. The molecule has 2 fully saturated rings. The molecule has 0 heterocycles. The average Bonchev–Trinajstić information content (AvgIpc) is 2.59. The van der Waals surface area contributed by atoms with Crippen molar-refractivity contribution in [2.45, 2.75) is 64.7 Å². The summed E-state index contributed by atoms with van der Waals surface area (Å²) in [5.41, 5.74) is 0. The van der Waals surface area contributed by atoms with Crippen molar-refractivity contribution in [3.8, 4) is 0 Å². The van der Waals surface area contributed by atoms with Crippen LogP contribution in [-0.2, 0) is 9.47 Å². The Morgan fingerprint density at radius 1 is 0.818 bits per heavy atom. The molecule has 0 aliphatic heterocycles. The molecule has 0 unspecified atom stereocenters. The van der Waals surface area contributed by atoms with E-state index in [0.717, 1.165) is 31.6 Å². The molecule has 2 aliphatic rings. The van der Waals surface area contributed by atoms with Gasteiger partial charge in [-0.1, -0.05) is 26.2 Å². The van der Waals surface area contributed by atoms with Gasteiger partial charge in [-0.3, -0.25) is 0 Å². The monoisotopic (exact) mass is 312 g/mol. The lowest BCUT2D eigenvalue weighted by molar-refractivity contribution is 0.0219. The zero-order valence-electron chi connectivity index (χ0n) is 14.0. The number of carbonyl (C=O) groups excluding carboxylic acids is 1. The number of hydrogen-bond acceptors (Lipinski definition) is 4. The van der Waals surface area contributed by atoms with Gasteiger partial charge < -0.3 is 14.6 Å². The highest BCUT2D eigenvalue weighted by Gasteiger charge is 2.23. The van der Waals surface area contributed by atoms with Gasteiger partial charge in [-0.2, -0.15) is 0 Å². The number of hydrogen-bond donors (Lipinski definition) is 1. The van der Waals surface area contributed by atoms with Gasteiger partial charge in [0.2, 0.25) is 0 Å². The molecule has 0 atom stereocenters. The highest BCUT2D eigenvalue weighted by molar-refractivity contribution is 5.59. The first-order chi connectivity index (χ1) is 10.7. The third-order valence-corrected chi connectivity index (χ3v) is 5.64. The van der Waals surface area contributed by atoms with Crippen LogP contribution in [0.25, 0.3) is 0 Å². The Hall–Kier alpha value is -0.770. The minimum absolute atomic E-state index is 0.288. The van der Waals surface area contributed by atoms with Crippen molar-refractivity contribution in [1.29, 1.82) is 0 Å². The Bertz CT molecular complexity index is 285. The molecule has 128 valence electrons. The van der Waals surface area contributed by atoms with E-state index in [9.17, 15) is 4.79 Å². The second-order valence-corrected chi connectivity index (χ2v) is 7.24. The van der Waals surface area contributed by atoms with Crippen molar-refractivity contribution in [2.24, 2.45) is 23.7 Å². The molecule has 2 rings (SSSR count). The van der Waals surface area contributed by atoms with E-state index in [1.807, 2.05) is 0 Å². The molecule has 0 saturated heterocycles. The first-order valence-electron chi connectivity index (χ1n) is 9.11. The van der Waals surface area contributed by atoms with E-state index in [2.05, 4.69) is 6.92 Å². The zero-order valence-corrected chi connectivity index (χ0v) is 14.0. The highest BCUT2D eigenvalue weighted by Crippen LogP contribution is 2.31. The molecule has 0 aromatic rings. The van der Waals surface area contributed by atoms with Gasteiger partial charge in [-0.25, -0.2) is 4.79 Å². The summed E-state index contributed by atoms with van der Waals surface area (Å²) in [7, 11) is 0. The maximum Gasteiger partial charge on any atom is 0.508 e. The molecule has 22 heavy (non-hydrogen) atoms. The van der Waals surface area contributed by atoms with Gasteiger partial charge in [0.1, 0.15) is 0 Å². The van der Waals surface area contributed by atoms with Crippen LogP contribution in [-0.4, -0.2) is 31.1 Å². The quantitative estimate of drug-likeness (QED) is 0.748. The predicted octanol–water partition coefficient (Wildman–Crippen LogP) is 4.15. The first-order valence-corrected chi connectivity index (χ1v) is 9.11. The normalized spacial score (nSPS) is 32.5. The van der Waals surface area contributed by atoms with Crippen molar-refractivity contribution < 1.29 is 19.4 Å². The molecule has 4 heteroatoms. The lowest BCUT2D eigenvalue weighted by Gasteiger charge is -2.28. The smallest absolute Gasteiger partial charge is 0.434 e. The van der Waals surface area contributed by atoms with Crippen LogP contribution in [0.1, 0.15) is 64.7 Å². The fourth-order valence-corrected chi connectivity index (χ4v) is 3.80. The van der Waals surface area contributed by atoms with Crippen molar-refractivity contribution in [3.63, 3.8) is 0 Å². The second kappa shape index (κ2) is 9.39. The summed E-state index contributed by atoms with van der Waals surface area (Å²) in [6, 6.07) is 0. The average molecular weight is 312 g/mol. The highest BCUT2D eigenvalue weighted by atomic mass is 16.7. The predicted molar refractivity (Wildman–Crippen MR) is 85.6 cm³/mol. The summed E-state index contributed by atoms with van der Waals surface area (Å²) < 4.78 is 10.5. The largest absolute Gasteiger partial charge is 0.508 e. The van der Waals surface area contributed by atoms with Crippen LogP contribution in [0.5, 0.6) is 0 Å². The Balaban J connectivity index is 1.53. The molecule has 2 aliphatic carbocycles. The minimum atomic E-state index is -0.498. The fraction of sp³-hybridized carbons (Fsp3) is 0.944. The Morgan fingerprint density at radius 3 is 1.64 bits per heavy atom. The first kappa shape index (κ1) is 17.6. The Morgan fingerprint density at radius 2 is 1.23 bits per heavy atom. The SMILES string of the molecule is CCC1CCC(COC(=O)OCC2CCC(CO)CC2)CC1. The molecule has 0 bridgehead atoms. The fourth-order valence-electron chi connectivity index (χ4n) is 3.80. The molecule has 0 amide bonds. The summed E-state index contributed by atoms with van der Waals surface area (Å²) in [5.74, 6) is 2.28. The molecular formula is C18H32O4. The van der Waals surface area contributed by atoms with Crippen LogP contribution >= 0.6 is 0 Å². The second-order valence-electron chi connectivity index (χ2n) is 7.24. The molecule has 4 nitrogen and oxygen atoms in total. The minimum Gasteiger partial charge on any atom is -0.434 e. The number of carbonyl (C=O) groups is 1. The topological polar surface area (TPSA) is 55.8 Å². The van der Waals surface area contributed by atoms with E-state index in [1.54, 1.807) is 0 Å². The maximum absolute atomic E-state index is 11.7. The number of ether oxygens (including phenoxy) is 2. The lowest BCUT2D eigenvalue weighted by Crippen LogP contribution is -2.24. The van der Waals surface area contributed by atoms with E-state index in [0.29, 0.717) is 31.0 Å². The third-order valence-electron chi connectivity index (χ3n) is 5.64. The van der Waals surface area contributed by atoms with Crippen LogP contribution in [0.4, 0.5) is 4.79 Å². The molecule has 0 aromatic carbocycles. The van der Waals surface area contributed by atoms with Gasteiger partial charge in [0.05, 0.1) is 13.2 Å². The number of aliphatic hydroxyl groups is 1. The Kier molecular flexibility index (Phi) is 7.50. The van der Waals surface area contributed by atoms with E-state index in [4.69, 9.17) is 14.6 Å². The van der Waals surface area contributed by atoms with Gasteiger partial charge >= 0.3 is 6.16 Å². The number of aliphatic hydroxyl groups excluding tert-OH is 1. The van der Waals surface area contributed by atoms with E-state index in [-0.39, 0.29) is 6.61 Å². The molecule has 1 N–H and O–H groups in total. The summed E-state index contributed by atoms with van der Waals surface area (Å²) in [6.45, 7) is 3.54. The van der Waals surface area contributed by atoms with Crippen molar-refractivity contribution in [3.05, 3.63) is 0 Å². The standard InChI is InChI=1S/C18H32O4/c1-2-14-3-7-16(8-4-14)12-21-18(20)22-13-17-9-5-15(11-19)6-10-17/h14-17,19H,2-13H2,1H3. The molecule has 0 spiro atoms. The molecular weight excluding hydrogens is 280 g/mol. The van der Waals surface area contributed by atoms with Crippen LogP contribution in [0.2, 0.25) is 0 Å². The lowest BCUT2D eigenvalue weighted by atomic mass is 9.81. The molecule has 0 radical (unpaired) electrons. The van der Waals surface area contributed by atoms with E-state index in [1.165, 1.54) is 32.1 Å². The summed E-state index contributed by atoms with van der Waals surface area (Å²) in [6.07, 6.45) is 9.84. The van der Waals surface area contributed by atoms with Crippen LogP contribution in [0, 0.1) is 23.7 Å². The van der Waals surface area contributed by atoms with Crippen LogP contribution in [0.3, 0.4) is 0 Å². The van der Waals surface area contributed by atoms with Gasteiger partial charge in [0, 0.05) is 6.61 Å². The Labute approximate surface area is 134 Å². The maximum atomic E-state index is 11.7. The zero-order chi connectivity index (χ0) is 15.8. The van der Waals surface area contributed by atoms with E-state index >= 15 is 0 Å². The summed E-state index contributed by atoms with van der Waals surface area (Å²) in [5, 5.41) is 9.12.